The molecule has 1 rings (SSSR count). The van der Waals surface area contributed by atoms with Crippen molar-refractivity contribution in [3.8, 4) is 5.75 Å². The number of aliphatic imine (C=N–C) groups is 1. The lowest BCUT2D eigenvalue weighted by Gasteiger charge is -2.26. The summed E-state index contributed by atoms with van der Waals surface area (Å²) >= 11 is 0. The lowest BCUT2D eigenvalue weighted by Crippen LogP contribution is -2.59. The first-order chi connectivity index (χ1) is 17.7. The average Bonchev–Trinajstić information content (AvgIpc) is 2.83. The number of aliphatic hydroxyl groups excluding tert-OH is 2. The summed E-state index contributed by atoms with van der Waals surface area (Å²) in [5, 5.41) is 45.3. The van der Waals surface area contributed by atoms with Crippen LogP contribution in [0.3, 0.4) is 0 Å². The maximum absolute atomic E-state index is 13.3. The van der Waals surface area contributed by atoms with Crippen molar-refractivity contribution in [3.05, 3.63) is 29.8 Å². The minimum absolute atomic E-state index is 0.0153. The molecule has 0 saturated heterocycles. The smallest absolute Gasteiger partial charge is 0.328 e. The Bertz CT molecular complexity index is 980. The molecule has 3 amide bonds. The molecule has 1 aromatic rings. The third-order valence-corrected chi connectivity index (χ3v) is 5.46. The molecule has 0 saturated carbocycles. The molecule has 212 valence electrons. The first-order valence-corrected chi connectivity index (χ1v) is 11.8. The van der Waals surface area contributed by atoms with Crippen molar-refractivity contribution in [2.75, 3.05) is 6.54 Å². The van der Waals surface area contributed by atoms with Gasteiger partial charge in [-0.2, -0.15) is 0 Å². The molecule has 15 nitrogen and oxygen atoms in total. The number of carboxylic acids is 1. The Morgan fingerprint density at radius 3 is 1.95 bits per heavy atom. The number of amides is 3. The van der Waals surface area contributed by atoms with Gasteiger partial charge in [0.25, 0.3) is 0 Å². The van der Waals surface area contributed by atoms with Crippen molar-refractivity contribution in [2.24, 2.45) is 22.2 Å². The summed E-state index contributed by atoms with van der Waals surface area (Å²) in [6, 6.07) is 0.276. The maximum atomic E-state index is 13.3. The third kappa shape index (κ3) is 11.0. The van der Waals surface area contributed by atoms with Crippen molar-refractivity contribution in [2.45, 2.75) is 69.5 Å². The van der Waals surface area contributed by atoms with Crippen LogP contribution in [0.2, 0.25) is 0 Å². The van der Waals surface area contributed by atoms with Crippen LogP contribution >= 0.6 is 0 Å². The number of nitrogens with two attached hydrogens (primary N) is 3. The van der Waals surface area contributed by atoms with Gasteiger partial charge in [0.05, 0.1) is 12.2 Å². The van der Waals surface area contributed by atoms with E-state index in [0.717, 1.165) is 0 Å². The molecule has 0 bridgehead atoms. The van der Waals surface area contributed by atoms with E-state index in [2.05, 4.69) is 20.9 Å². The SMILES string of the molecule is CC(O)C(N)C(=O)NC(Cc1ccc(O)cc1)C(=O)NC(CCCN=C(N)N)C(=O)NC(C(=O)O)C(C)O. The summed E-state index contributed by atoms with van der Waals surface area (Å²) in [4.78, 5) is 53.9. The predicted octanol–water partition coefficient (Wildman–Crippen LogP) is -3.38. The highest BCUT2D eigenvalue weighted by Crippen LogP contribution is 2.12. The summed E-state index contributed by atoms with van der Waals surface area (Å²) in [5.41, 5.74) is 16.8. The highest BCUT2D eigenvalue weighted by Gasteiger charge is 2.32. The van der Waals surface area contributed by atoms with Crippen LogP contribution < -0.4 is 33.2 Å². The zero-order valence-electron chi connectivity index (χ0n) is 21.2. The number of hydrogen-bond acceptors (Lipinski definition) is 9. The van der Waals surface area contributed by atoms with Gasteiger partial charge in [0.1, 0.15) is 23.9 Å². The topological polar surface area (TPSA) is 276 Å². The number of carbonyl (C=O) groups is 4. The number of nitrogens with one attached hydrogen (secondary N) is 3. The van der Waals surface area contributed by atoms with Crippen LogP contribution in [0.4, 0.5) is 0 Å². The summed E-state index contributed by atoms with van der Waals surface area (Å²) in [6.45, 7) is 2.59. The third-order valence-electron chi connectivity index (χ3n) is 5.46. The van der Waals surface area contributed by atoms with Crippen LogP contribution in [0.15, 0.2) is 29.3 Å². The van der Waals surface area contributed by atoms with E-state index in [1.807, 2.05) is 0 Å². The first-order valence-electron chi connectivity index (χ1n) is 11.8. The van der Waals surface area contributed by atoms with Crippen LogP contribution in [0.25, 0.3) is 0 Å². The molecule has 0 aromatic heterocycles. The summed E-state index contributed by atoms with van der Waals surface area (Å²) in [5.74, 6) is -4.21. The fourth-order valence-electron chi connectivity index (χ4n) is 3.25. The monoisotopic (exact) mass is 539 g/mol. The molecule has 1 aromatic carbocycles. The van der Waals surface area contributed by atoms with Gasteiger partial charge in [-0.3, -0.25) is 19.4 Å². The van der Waals surface area contributed by atoms with Crippen LogP contribution in [-0.4, -0.2) is 93.0 Å². The largest absolute Gasteiger partial charge is 0.508 e. The number of carbonyl (C=O) groups excluding carboxylic acids is 3. The maximum Gasteiger partial charge on any atom is 0.328 e. The van der Waals surface area contributed by atoms with Gasteiger partial charge < -0.3 is 53.6 Å². The number of benzene rings is 1. The Balaban J connectivity index is 3.18. The number of aliphatic hydroxyl groups is 2. The van der Waals surface area contributed by atoms with Crippen LogP contribution in [0.1, 0.15) is 32.3 Å². The molecule has 0 spiro atoms. The number of aromatic hydroxyl groups is 1. The second-order valence-electron chi connectivity index (χ2n) is 8.77. The number of phenols is 1. The highest BCUT2D eigenvalue weighted by molar-refractivity contribution is 5.94. The number of phenolic OH excluding ortho intramolecular Hbond substituents is 1. The van der Waals surface area contributed by atoms with E-state index in [1.54, 1.807) is 0 Å². The Hall–Kier alpha value is -3.95. The van der Waals surface area contributed by atoms with Crippen molar-refractivity contribution in [3.63, 3.8) is 0 Å². The molecule has 13 N–H and O–H groups in total. The molecule has 0 aliphatic heterocycles. The number of guanidine groups is 1. The van der Waals surface area contributed by atoms with Gasteiger partial charge in [-0.1, -0.05) is 12.1 Å². The van der Waals surface area contributed by atoms with Gasteiger partial charge >= 0.3 is 5.97 Å². The Labute approximate surface area is 219 Å². The van der Waals surface area contributed by atoms with Crippen LogP contribution in [-0.2, 0) is 25.6 Å². The molecular weight excluding hydrogens is 502 g/mol. The van der Waals surface area contributed by atoms with Gasteiger partial charge in [-0.15, -0.1) is 0 Å². The van der Waals surface area contributed by atoms with Crippen LogP contribution in [0.5, 0.6) is 5.75 Å². The van der Waals surface area contributed by atoms with Gasteiger partial charge in [-0.25, -0.2) is 4.79 Å². The number of aliphatic carboxylic acids is 1. The summed E-state index contributed by atoms with van der Waals surface area (Å²) in [6.07, 6.45) is -2.52. The number of rotatable bonds is 15. The second-order valence-corrected chi connectivity index (χ2v) is 8.77. The summed E-state index contributed by atoms with van der Waals surface area (Å²) in [7, 11) is 0. The molecule has 15 heteroatoms. The van der Waals surface area contributed by atoms with Gasteiger partial charge in [0.2, 0.25) is 17.7 Å². The van der Waals surface area contributed by atoms with E-state index in [9.17, 15) is 39.6 Å². The minimum Gasteiger partial charge on any atom is -0.508 e. The summed E-state index contributed by atoms with van der Waals surface area (Å²) < 4.78 is 0. The predicted molar refractivity (Wildman–Crippen MR) is 136 cm³/mol. The number of carboxylic acid groups (broad SMARTS) is 1. The fourth-order valence-corrected chi connectivity index (χ4v) is 3.25. The fraction of sp³-hybridized carbons (Fsp3) is 0.522. The van der Waals surface area contributed by atoms with Crippen molar-refractivity contribution < 1.29 is 39.6 Å². The van der Waals surface area contributed by atoms with E-state index in [4.69, 9.17) is 17.2 Å². The van der Waals surface area contributed by atoms with Gasteiger partial charge in [0.15, 0.2) is 12.0 Å². The van der Waals surface area contributed by atoms with E-state index < -0.39 is 60.1 Å². The molecule has 0 aliphatic rings. The van der Waals surface area contributed by atoms with Gasteiger partial charge in [-0.05, 0) is 44.4 Å². The Morgan fingerprint density at radius 1 is 0.895 bits per heavy atom. The lowest BCUT2D eigenvalue weighted by molar-refractivity contribution is -0.145. The Morgan fingerprint density at radius 2 is 1.45 bits per heavy atom. The normalized spacial score (nSPS) is 15.6. The zero-order valence-corrected chi connectivity index (χ0v) is 21.2. The zero-order chi connectivity index (χ0) is 29.0. The molecule has 6 unspecified atom stereocenters. The quantitative estimate of drug-likeness (QED) is 0.0596. The average molecular weight is 540 g/mol. The van der Waals surface area contributed by atoms with E-state index in [0.29, 0.717) is 5.56 Å². The van der Waals surface area contributed by atoms with Crippen molar-refractivity contribution in [1.29, 1.82) is 0 Å². The molecule has 6 atom stereocenters. The molecule has 0 aliphatic carbocycles. The molecular formula is C23H37N7O8. The lowest BCUT2D eigenvalue weighted by atomic mass is 10.0. The number of hydrogen-bond donors (Lipinski definition) is 10. The first kappa shape index (κ1) is 32.1. The van der Waals surface area contributed by atoms with Crippen molar-refractivity contribution in [1.82, 2.24) is 16.0 Å². The molecule has 0 fully saturated rings. The molecule has 0 heterocycles. The van der Waals surface area contributed by atoms with E-state index >= 15 is 0 Å². The van der Waals surface area contributed by atoms with Gasteiger partial charge in [0, 0.05) is 13.0 Å². The molecule has 38 heavy (non-hydrogen) atoms. The van der Waals surface area contributed by atoms with Crippen molar-refractivity contribution >= 4 is 29.7 Å². The number of nitrogens with zero attached hydrogens (tertiary/aromatic N) is 1. The van der Waals surface area contributed by atoms with Crippen LogP contribution in [0, 0.1) is 0 Å². The Kier molecular flexibility index (Phi) is 12.9. The minimum atomic E-state index is -1.64. The molecule has 0 radical (unpaired) electrons. The highest BCUT2D eigenvalue weighted by atomic mass is 16.4. The standard InChI is InChI=1S/C23H37N7O8/c1-11(31)17(24)21(36)29-16(10-13-5-7-14(33)8-6-13)20(35)28-15(4-3-9-27-23(25)26)19(34)30-18(12(2)32)22(37)38/h5-8,11-12,15-18,31-33H,3-4,9-10,24H2,1-2H3,(H,28,35)(H,29,36)(H,30,34)(H,37,38)(H4,25,26,27). The second kappa shape index (κ2) is 15.3. The van der Waals surface area contributed by atoms with E-state index in [-0.39, 0.29) is 37.5 Å². The van der Waals surface area contributed by atoms with E-state index in [1.165, 1.54) is 38.1 Å².